The predicted molar refractivity (Wildman–Crippen MR) is 84.4 cm³/mol. The van der Waals surface area contributed by atoms with E-state index in [0.717, 1.165) is 25.1 Å². The van der Waals surface area contributed by atoms with Crippen LogP contribution < -0.4 is 5.32 Å². The van der Waals surface area contributed by atoms with Crippen LogP contribution in [0.15, 0.2) is 6.20 Å². The van der Waals surface area contributed by atoms with Gasteiger partial charge < -0.3 is 10.4 Å². The molecule has 2 N–H and O–H groups in total. The van der Waals surface area contributed by atoms with Crippen LogP contribution in [0.4, 0.5) is 0 Å². The van der Waals surface area contributed by atoms with E-state index < -0.39 is 6.10 Å². The van der Waals surface area contributed by atoms with Gasteiger partial charge in [-0.15, -0.1) is 0 Å². The van der Waals surface area contributed by atoms with Gasteiger partial charge in [0, 0.05) is 19.3 Å². The number of hydrogen-bond donors (Lipinski definition) is 2. The van der Waals surface area contributed by atoms with Crippen molar-refractivity contribution in [2.45, 2.75) is 66.0 Å². The molecular formula is C16H29N3O2. The van der Waals surface area contributed by atoms with Crippen LogP contribution in [0.1, 0.15) is 69.4 Å². The molecule has 0 aromatic carbocycles. The molecular weight excluding hydrogens is 266 g/mol. The zero-order valence-corrected chi connectivity index (χ0v) is 13.9. The molecule has 0 saturated heterocycles. The third kappa shape index (κ3) is 4.56. The summed E-state index contributed by atoms with van der Waals surface area (Å²) in [5.41, 5.74) is 1.43. The number of aryl methyl sites for hydroxylation is 1. The monoisotopic (exact) mass is 295 g/mol. The molecule has 0 fully saturated rings. The van der Waals surface area contributed by atoms with Crippen molar-refractivity contribution < 1.29 is 9.90 Å². The van der Waals surface area contributed by atoms with E-state index in [1.54, 1.807) is 10.9 Å². The third-order valence-corrected chi connectivity index (χ3v) is 3.97. The van der Waals surface area contributed by atoms with Crippen LogP contribution >= 0.6 is 0 Å². The zero-order valence-electron chi connectivity index (χ0n) is 13.9. The van der Waals surface area contributed by atoms with E-state index >= 15 is 0 Å². The standard InChI is InChI=1S/C16H29N3O2/c1-6-12(7-2)14(20)9-17-16(21)13-10-19(8-3)18-15(13)11(4)5/h10-12,14,20H,6-9H2,1-5H3,(H,17,21). The summed E-state index contributed by atoms with van der Waals surface area (Å²) >= 11 is 0. The molecule has 0 radical (unpaired) electrons. The number of nitrogens with zero attached hydrogens (tertiary/aromatic N) is 2. The van der Waals surface area contributed by atoms with Gasteiger partial charge in [0.15, 0.2) is 0 Å². The molecule has 1 rings (SSSR count). The van der Waals surface area contributed by atoms with E-state index in [0.29, 0.717) is 12.1 Å². The normalized spacial score (nSPS) is 13.0. The second-order valence-electron chi connectivity index (χ2n) is 5.79. The topological polar surface area (TPSA) is 67.2 Å². The van der Waals surface area contributed by atoms with Crippen molar-refractivity contribution in [3.63, 3.8) is 0 Å². The van der Waals surface area contributed by atoms with Gasteiger partial charge in [-0.2, -0.15) is 5.10 Å². The maximum Gasteiger partial charge on any atom is 0.254 e. The van der Waals surface area contributed by atoms with E-state index in [1.807, 2.05) is 20.8 Å². The highest BCUT2D eigenvalue weighted by molar-refractivity contribution is 5.95. The molecule has 1 aromatic heterocycles. The van der Waals surface area contributed by atoms with E-state index in [2.05, 4.69) is 24.3 Å². The third-order valence-electron chi connectivity index (χ3n) is 3.97. The van der Waals surface area contributed by atoms with E-state index in [-0.39, 0.29) is 17.7 Å². The lowest BCUT2D eigenvalue weighted by Gasteiger charge is -2.20. The molecule has 0 spiro atoms. The van der Waals surface area contributed by atoms with Crippen LogP contribution in [0, 0.1) is 5.92 Å². The van der Waals surface area contributed by atoms with Crippen molar-refractivity contribution in [3.8, 4) is 0 Å². The number of nitrogens with one attached hydrogen (secondary N) is 1. The number of carbonyl (C=O) groups is 1. The molecule has 21 heavy (non-hydrogen) atoms. The Morgan fingerprint density at radius 2 is 1.95 bits per heavy atom. The van der Waals surface area contributed by atoms with Crippen LogP contribution in [0.5, 0.6) is 0 Å². The molecule has 5 heteroatoms. The SMILES string of the molecule is CCC(CC)C(O)CNC(=O)c1cn(CC)nc1C(C)C. The van der Waals surface area contributed by atoms with Crippen LogP contribution in [0.2, 0.25) is 0 Å². The molecule has 0 bridgehead atoms. The Balaban J connectivity index is 2.73. The van der Waals surface area contributed by atoms with Crippen molar-refractivity contribution >= 4 is 5.91 Å². The quantitative estimate of drug-likeness (QED) is 0.774. The Labute approximate surface area is 127 Å². The Hall–Kier alpha value is -1.36. The maximum absolute atomic E-state index is 12.3. The summed E-state index contributed by atoms with van der Waals surface area (Å²) in [6.45, 7) is 11.2. The van der Waals surface area contributed by atoms with E-state index in [1.165, 1.54) is 0 Å². The minimum absolute atomic E-state index is 0.150. The first-order chi connectivity index (χ1) is 9.94. The summed E-state index contributed by atoms with van der Waals surface area (Å²) in [6, 6.07) is 0. The summed E-state index contributed by atoms with van der Waals surface area (Å²) in [4.78, 5) is 12.3. The highest BCUT2D eigenvalue weighted by atomic mass is 16.3. The Kier molecular flexibility index (Phi) is 6.89. The largest absolute Gasteiger partial charge is 0.391 e. The Morgan fingerprint density at radius 1 is 1.33 bits per heavy atom. The van der Waals surface area contributed by atoms with Crippen molar-refractivity contribution in [3.05, 3.63) is 17.5 Å². The van der Waals surface area contributed by atoms with Gasteiger partial charge in [-0.25, -0.2) is 0 Å². The first kappa shape index (κ1) is 17.7. The summed E-state index contributed by atoms with van der Waals surface area (Å²) in [5.74, 6) is 0.277. The summed E-state index contributed by atoms with van der Waals surface area (Å²) in [6.07, 6.45) is 3.12. The summed E-state index contributed by atoms with van der Waals surface area (Å²) < 4.78 is 1.78. The summed E-state index contributed by atoms with van der Waals surface area (Å²) in [5, 5.41) is 17.4. The molecule has 5 nitrogen and oxygen atoms in total. The second kappa shape index (κ2) is 8.17. The van der Waals surface area contributed by atoms with Crippen molar-refractivity contribution in [2.75, 3.05) is 6.54 Å². The maximum atomic E-state index is 12.3. The summed E-state index contributed by atoms with van der Waals surface area (Å²) in [7, 11) is 0. The number of aliphatic hydroxyl groups is 1. The van der Waals surface area contributed by atoms with Crippen LogP contribution in [0.3, 0.4) is 0 Å². The van der Waals surface area contributed by atoms with Gasteiger partial charge >= 0.3 is 0 Å². The fraction of sp³-hybridized carbons (Fsp3) is 0.750. The minimum Gasteiger partial charge on any atom is -0.391 e. The molecule has 0 aliphatic heterocycles. The molecule has 0 aliphatic rings. The fourth-order valence-electron chi connectivity index (χ4n) is 2.49. The Morgan fingerprint density at radius 3 is 2.43 bits per heavy atom. The molecule has 1 atom stereocenters. The predicted octanol–water partition coefficient (Wildman–Crippen LogP) is 2.55. The van der Waals surface area contributed by atoms with Crippen molar-refractivity contribution in [1.82, 2.24) is 15.1 Å². The lowest BCUT2D eigenvalue weighted by Crippen LogP contribution is -2.36. The van der Waals surface area contributed by atoms with Crippen molar-refractivity contribution in [2.24, 2.45) is 5.92 Å². The number of rotatable bonds is 8. The number of hydrogen-bond acceptors (Lipinski definition) is 3. The number of amides is 1. The number of aliphatic hydroxyl groups excluding tert-OH is 1. The van der Waals surface area contributed by atoms with Gasteiger partial charge in [0.2, 0.25) is 0 Å². The van der Waals surface area contributed by atoms with Gasteiger partial charge in [0.1, 0.15) is 0 Å². The van der Waals surface area contributed by atoms with E-state index in [9.17, 15) is 9.90 Å². The molecule has 1 unspecified atom stereocenters. The Bertz CT molecular complexity index is 450. The van der Waals surface area contributed by atoms with Gasteiger partial charge in [-0.3, -0.25) is 9.48 Å². The van der Waals surface area contributed by atoms with Gasteiger partial charge in [-0.1, -0.05) is 40.5 Å². The highest BCUT2D eigenvalue weighted by Crippen LogP contribution is 2.18. The van der Waals surface area contributed by atoms with E-state index in [4.69, 9.17) is 0 Å². The lowest BCUT2D eigenvalue weighted by molar-refractivity contribution is 0.0815. The second-order valence-corrected chi connectivity index (χ2v) is 5.79. The highest BCUT2D eigenvalue weighted by Gasteiger charge is 2.21. The fourth-order valence-corrected chi connectivity index (χ4v) is 2.49. The van der Waals surface area contributed by atoms with Gasteiger partial charge in [0.25, 0.3) is 5.91 Å². The number of aromatic nitrogens is 2. The molecule has 0 aliphatic carbocycles. The first-order valence-electron chi connectivity index (χ1n) is 7.98. The smallest absolute Gasteiger partial charge is 0.254 e. The number of carbonyl (C=O) groups excluding carboxylic acids is 1. The molecule has 1 amide bonds. The molecule has 1 aromatic rings. The van der Waals surface area contributed by atoms with Gasteiger partial charge in [-0.05, 0) is 18.8 Å². The zero-order chi connectivity index (χ0) is 16.0. The van der Waals surface area contributed by atoms with Crippen LogP contribution in [0.25, 0.3) is 0 Å². The average Bonchev–Trinajstić information content (AvgIpc) is 2.90. The van der Waals surface area contributed by atoms with Crippen LogP contribution in [-0.4, -0.2) is 33.4 Å². The van der Waals surface area contributed by atoms with Crippen LogP contribution in [-0.2, 0) is 6.54 Å². The molecule has 1 heterocycles. The minimum atomic E-state index is -0.493. The molecule has 120 valence electrons. The first-order valence-corrected chi connectivity index (χ1v) is 7.98. The molecule has 0 saturated carbocycles. The van der Waals surface area contributed by atoms with Gasteiger partial charge in [0.05, 0.1) is 17.4 Å². The van der Waals surface area contributed by atoms with Crippen molar-refractivity contribution in [1.29, 1.82) is 0 Å². The lowest BCUT2D eigenvalue weighted by atomic mass is 9.96. The average molecular weight is 295 g/mol.